The summed E-state index contributed by atoms with van der Waals surface area (Å²) in [6.07, 6.45) is 1.08. The maximum Gasteiger partial charge on any atom is 0.412 e. The van der Waals surface area contributed by atoms with Gasteiger partial charge in [0.15, 0.2) is 0 Å². The number of piperidine rings is 1. The van der Waals surface area contributed by atoms with Crippen LogP contribution in [0, 0.1) is 0 Å². The highest BCUT2D eigenvalue weighted by atomic mass is 16.6. The molecule has 6 nitrogen and oxygen atoms in total. The SMILES string of the molecule is CN1CCC2(CC1)N(Cc1ccccc1)C(=O)CN2C(=O)OC(C)(C)C. The molecule has 0 N–H and O–H groups in total. The first-order valence-electron chi connectivity index (χ1n) is 9.25. The third-order valence-electron chi connectivity index (χ3n) is 5.18. The Balaban J connectivity index is 1.90. The van der Waals surface area contributed by atoms with Gasteiger partial charge in [0, 0.05) is 32.5 Å². The van der Waals surface area contributed by atoms with Crippen LogP contribution in [0.3, 0.4) is 0 Å². The predicted molar refractivity (Wildman–Crippen MR) is 99.4 cm³/mol. The first-order chi connectivity index (χ1) is 12.2. The molecule has 1 aromatic rings. The van der Waals surface area contributed by atoms with Gasteiger partial charge >= 0.3 is 6.09 Å². The predicted octanol–water partition coefficient (Wildman–Crippen LogP) is 2.69. The summed E-state index contributed by atoms with van der Waals surface area (Å²) < 4.78 is 5.62. The summed E-state index contributed by atoms with van der Waals surface area (Å²) in [6, 6.07) is 9.96. The fourth-order valence-corrected chi connectivity index (χ4v) is 3.81. The number of hydrogen-bond donors (Lipinski definition) is 0. The van der Waals surface area contributed by atoms with Crippen molar-refractivity contribution < 1.29 is 14.3 Å². The third kappa shape index (κ3) is 3.70. The Bertz CT molecular complexity index is 661. The topological polar surface area (TPSA) is 53.1 Å². The molecule has 142 valence electrons. The van der Waals surface area contributed by atoms with E-state index < -0.39 is 17.4 Å². The molecule has 0 aliphatic carbocycles. The molecular weight excluding hydrogens is 330 g/mol. The maximum absolute atomic E-state index is 12.9. The van der Waals surface area contributed by atoms with E-state index >= 15 is 0 Å². The zero-order valence-corrected chi connectivity index (χ0v) is 16.2. The van der Waals surface area contributed by atoms with E-state index in [1.807, 2.05) is 56.0 Å². The van der Waals surface area contributed by atoms with Crippen LogP contribution < -0.4 is 0 Å². The fraction of sp³-hybridized carbons (Fsp3) is 0.600. The van der Waals surface area contributed by atoms with Gasteiger partial charge in [-0.25, -0.2) is 4.79 Å². The second-order valence-electron chi connectivity index (χ2n) is 8.32. The average molecular weight is 359 g/mol. The first kappa shape index (κ1) is 18.7. The van der Waals surface area contributed by atoms with Gasteiger partial charge in [-0.1, -0.05) is 30.3 Å². The van der Waals surface area contributed by atoms with Gasteiger partial charge in [-0.05, 0) is 33.4 Å². The molecule has 2 aliphatic rings. The van der Waals surface area contributed by atoms with Gasteiger partial charge in [0.2, 0.25) is 5.91 Å². The lowest BCUT2D eigenvalue weighted by Crippen LogP contribution is -2.60. The fourth-order valence-electron chi connectivity index (χ4n) is 3.81. The summed E-state index contributed by atoms with van der Waals surface area (Å²) in [5.41, 5.74) is -0.105. The summed E-state index contributed by atoms with van der Waals surface area (Å²) in [5, 5.41) is 0. The summed E-state index contributed by atoms with van der Waals surface area (Å²) in [7, 11) is 2.07. The van der Waals surface area contributed by atoms with Crippen molar-refractivity contribution in [2.45, 2.75) is 51.4 Å². The molecule has 0 saturated carbocycles. The van der Waals surface area contributed by atoms with Crippen molar-refractivity contribution in [2.24, 2.45) is 0 Å². The first-order valence-corrected chi connectivity index (χ1v) is 9.25. The van der Waals surface area contributed by atoms with Crippen molar-refractivity contribution in [2.75, 3.05) is 26.7 Å². The van der Waals surface area contributed by atoms with Gasteiger partial charge in [0.1, 0.15) is 17.8 Å². The second-order valence-corrected chi connectivity index (χ2v) is 8.32. The molecule has 6 heteroatoms. The standard InChI is InChI=1S/C20H29N3O3/c1-19(2,3)26-18(25)23-15-17(24)22(14-16-8-6-5-7-9-16)20(23)10-12-21(4)13-11-20/h5-9H,10-15H2,1-4H3. The van der Waals surface area contributed by atoms with Crippen LogP contribution >= 0.6 is 0 Å². The molecule has 0 atom stereocenters. The maximum atomic E-state index is 12.9. The van der Waals surface area contributed by atoms with Gasteiger partial charge in [-0.15, -0.1) is 0 Å². The van der Waals surface area contributed by atoms with Crippen molar-refractivity contribution >= 4 is 12.0 Å². The van der Waals surface area contributed by atoms with Gasteiger partial charge in [-0.2, -0.15) is 0 Å². The summed E-state index contributed by atoms with van der Waals surface area (Å²) in [4.78, 5) is 31.5. The highest BCUT2D eigenvalue weighted by molar-refractivity contribution is 5.87. The Morgan fingerprint density at radius 1 is 1.15 bits per heavy atom. The van der Waals surface area contributed by atoms with Gasteiger partial charge < -0.3 is 14.5 Å². The van der Waals surface area contributed by atoms with E-state index in [0.29, 0.717) is 6.54 Å². The van der Waals surface area contributed by atoms with Crippen LogP contribution in [0.1, 0.15) is 39.2 Å². The molecule has 0 radical (unpaired) electrons. The molecule has 1 aromatic carbocycles. The molecule has 0 aromatic heterocycles. The minimum Gasteiger partial charge on any atom is -0.444 e. The van der Waals surface area contributed by atoms with Crippen LogP contribution in [0.2, 0.25) is 0 Å². The van der Waals surface area contributed by atoms with Crippen LogP contribution in [-0.2, 0) is 16.1 Å². The Labute approximate surface area is 155 Å². The highest BCUT2D eigenvalue weighted by Crippen LogP contribution is 2.39. The number of amides is 2. The minimum atomic E-state index is -0.595. The van der Waals surface area contributed by atoms with Crippen LogP contribution in [0.25, 0.3) is 0 Å². The number of likely N-dealkylation sites (tertiary alicyclic amines) is 1. The molecule has 2 heterocycles. The summed E-state index contributed by atoms with van der Waals surface area (Å²) >= 11 is 0. The molecule has 0 bridgehead atoms. The van der Waals surface area contributed by atoms with Crippen molar-refractivity contribution in [1.29, 1.82) is 0 Å². The van der Waals surface area contributed by atoms with E-state index in [1.165, 1.54) is 0 Å². The summed E-state index contributed by atoms with van der Waals surface area (Å²) in [5.74, 6) is -0.00994. The average Bonchev–Trinajstić information content (AvgIpc) is 2.83. The van der Waals surface area contributed by atoms with Gasteiger partial charge in [-0.3, -0.25) is 9.69 Å². The molecule has 3 rings (SSSR count). The highest BCUT2D eigenvalue weighted by Gasteiger charge is 2.55. The number of benzene rings is 1. The molecular formula is C20H29N3O3. The number of ether oxygens (including phenoxy) is 1. The molecule has 1 spiro atoms. The van der Waals surface area contributed by atoms with Crippen LogP contribution in [0.4, 0.5) is 4.79 Å². The number of rotatable bonds is 2. The number of carbonyl (C=O) groups is 2. The van der Waals surface area contributed by atoms with E-state index in [4.69, 9.17) is 4.74 Å². The Morgan fingerprint density at radius 3 is 2.35 bits per heavy atom. The van der Waals surface area contributed by atoms with E-state index in [2.05, 4.69) is 11.9 Å². The molecule has 0 unspecified atom stereocenters. The lowest BCUT2D eigenvalue weighted by Gasteiger charge is -2.47. The minimum absolute atomic E-state index is 0.00994. The number of nitrogens with zero attached hydrogens (tertiary/aromatic N) is 3. The zero-order valence-electron chi connectivity index (χ0n) is 16.2. The van der Waals surface area contributed by atoms with E-state index in [9.17, 15) is 9.59 Å². The van der Waals surface area contributed by atoms with E-state index in [-0.39, 0.29) is 12.5 Å². The lowest BCUT2D eigenvalue weighted by atomic mass is 9.94. The van der Waals surface area contributed by atoms with Gasteiger partial charge in [0.05, 0.1) is 0 Å². The lowest BCUT2D eigenvalue weighted by molar-refractivity contribution is -0.133. The Kier molecular flexibility index (Phi) is 4.97. The quantitative estimate of drug-likeness (QED) is 0.815. The van der Waals surface area contributed by atoms with Crippen LogP contribution in [-0.4, -0.2) is 64.6 Å². The number of carbonyl (C=O) groups excluding carboxylic acids is 2. The molecule has 2 saturated heterocycles. The largest absolute Gasteiger partial charge is 0.444 e. The number of hydrogen-bond acceptors (Lipinski definition) is 4. The van der Waals surface area contributed by atoms with E-state index in [1.54, 1.807) is 4.90 Å². The van der Waals surface area contributed by atoms with Crippen molar-refractivity contribution in [3.8, 4) is 0 Å². The van der Waals surface area contributed by atoms with Crippen molar-refractivity contribution in [3.63, 3.8) is 0 Å². The molecule has 26 heavy (non-hydrogen) atoms. The van der Waals surface area contributed by atoms with Gasteiger partial charge in [0.25, 0.3) is 0 Å². The second kappa shape index (κ2) is 6.91. The van der Waals surface area contributed by atoms with Crippen LogP contribution in [0.5, 0.6) is 0 Å². The van der Waals surface area contributed by atoms with Crippen molar-refractivity contribution in [3.05, 3.63) is 35.9 Å². The normalized spacial score (nSPS) is 20.7. The molecule has 2 amide bonds. The molecule has 2 fully saturated rings. The molecule has 2 aliphatic heterocycles. The van der Waals surface area contributed by atoms with Crippen molar-refractivity contribution in [1.82, 2.24) is 14.7 Å². The Hall–Kier alpha value is -2.08. The zero-order chi connectivity index (χ0) is 18.9. The van der Waals surface area contributed by atoms with Crippen LogP contribution in [0.15, 0.2) is 30.3 Å². The third-order valence-corrected chi connectivity index (χ3v) is 5.18. The van der Waals surface area contributed by atoms with E-state index in [0.717, 1.165) is 31.5 Å². The monoisotopic (exact) mass is 359 g/mol. The smallest absolute Gasteiger partial charge is 0.412 e. The Morgan fingerprint density at radius 2 is 1.77 bits per heavy atom. The summed E-state index contributed by atoms with van der Waals surface area (Å²) in [6.45, 7) is 7.85.